The molecule has 180 valence electrons. The van der Waals surface area contributed by atoms with E-state index in [-0.39, 0.29) is 13.1 Å². The van der Waals surface area contributed by atoms with Gasteiger partial charge in [-0.05, 0) is 49.1 Å². The predicted molar refractivity (Wildman–Crippen MR) is 130 cm³/mol. The molecular formula is C25H31N5O4. The highest BCUT2D eigenvalue weighted by Crippen LogP contribution is 2.22. The summed E-state index contributed by atoms with van der Waals surface area (Å²) in [6, 6.07) is 12.5. The third-order valence-electron chi connectivity index (χ3n) is 5.90. The SMILES string of the molecule is CCCc1ccc(NC2NC(=O)N(C[C@H](C)C(=O)N=O)C(=O)N2Cc2ccc(C)cc2)cc1C. The molecule has 1 heterocycles. The van der Waals surface area contributed by atoms with Crippen molar-refractivity contribution in [2.45, 2.75) is 53.4 Å². The molecule has 5 amide bonds. The number of nitrogens with zero attached hydrogens (tertiary/aromatic N) is 3. The fourth-order valence-corrected chi connectivity index (χ4v) is 3.88. The summed E-state index contributed by atoms with van der Waals surface area (Å²) < 4.78 is 0. The Balaban J connectivity index is 1.87. The van der Waals surface area contributed by atoms with Gasteiger partial charge in [-0.3, -0.25) is 15.0 Å². The van der Waals surface area contributed by atoms with Crippen LogP contribution in [0.25, 0.3) is 0 Å². The van der Waals surface area contributed by atoms with Gasteiger partial charge in [0.15, 0.2) is 6.29 Å². The van der Waals surface area contributed by atoms with Crippen LogP contribution in [0.3, 0.4) is 0 Å². The highest BCUT2D eigenvalue weighted by Gasteiger charge is 2.39. The summed E-state index contributed by atoms with van der Waals surface area (Å²) in [5, 5.41) is 8.48. The number of hydrogen-bond acceptors (Lipinski definition) is 5. The van der Waals surface area contributed by atoms with E-state index in [2.05, 4.69) is 22.7 Å². The molecule has 3 rings (SSSR count). The van der Waals surface area contributed by atoms with Crippen molar-refractivity contribution < 1.29 is 14.4 Å². The molecule has 1 aliphatic heterocycles. The number of carbonyl (C=O) groups excluding carboxylic acids is 3. The largest absolute Gasteiger partial charge is 0.348 e. The second-order valence-electron chi connectivity index (χ2n) is 8.72. The van der Waals surface area contributed by atoms with E-state index in [1.807, 2.05) is 56.3 Å². The molecule has 1 saturated heterocycles. The molecule has 34 heavy (non-hydrogen) atoms. The first-order valence-corrected chi connectivity index (χ1v) is 11.4. The monoisotopic (exact) mass is 465 g/mol. The van der Waals surface area contributed by atoms with Crippen molar-refractivity contribution in [1.82, 2.24) is 15.1 Å². The van der Waals surface area contributed by atoms with Gasteiger partial charge in [0.05, 0.1) is 12.5 Å². The molecule has 2 atom stereocenters. The normalized spacial score (nSPS) is 16.8. The fraction of sp³-hybridized carbons (Fsp3) is 0.400. The molecular weight excluding hydrogens is 434 g/mol. The van der Waals surface area contributed by atoms with Crippen molar-refractivity contribution in [3.8, 4) is 0 Å². The Labute approximate surface area is 199 Å². The minimum atomic E-state index is -0.909. The van der Waals surface area contributed by atoms with E-state index in [4.69, 9.17) is 0 Å². The smallest absolute Gasteiger partial charge is 0.331 e. The topological polar surface area (TPSA) is 111 Å². The number of carbonyl (C=O) groups is 3. The van der Waals surface area contributed by atoms with Gasteiger partial charge >= 0.3 is 12.1 Å². The summed E-state index contributed by atoms with van der Waals surface area (Å²) in [4.78, 5) is 50.9. The molecule has 0 aromatic heterocycles. The van der Waals surface area contributed by atoms with Crippen LogP contribution in [-0.2, 0) is 17.8 Å². The average molecular weight is 466 g/mol. The molecule has 0 saturated carbocycles. The molecule has 2 N–H and O–H groups in total. The van der Waals surface area contributed by atoms with E-state index in [1.54, 1.807) is 0 Å². The first-order valence-electron chi connectivity index (χ1n) is 11.4. The lowest BCUT2D eigenvalue weighted by molar-refractivity contribution is -0.121. The molecule has 0 aliphatic carbocycles. The number of imide groups is 1. The van der Waals surface area contributed by atoms with Crippen LogP contribution in [0.1, 0.15) is 42.5 Å². The number of hydrogen-bond donors (Lipinski definition) is 2. The van der Waals surface area contributed by atoms with E-state index in [0.717, 1.165) is 40.1 Å². The van der Waals surface area contributed by atoms with Crippen LogP contribution in [0.15, 0.2) is 47.6 Å². The maximum Gasteiger partial charge on any atom is 0.331 e. The van der Waals surface area contributed by atoms with Gasteiger partial charge in [0.1, 0.15) is 0 Å². The summed E-state index contributed by atoms with van der Waals surface area (Å²) >= 11 is 0. The minimum absolute atomic E-state index is 0.231. The van der Waals surface area contributed by atoms with Crippen molar-refractivity contribution in [3.63, 3.8) is 0 Å². The zero-order chi connectivity index (χ0) is 24.8. The first kappa shape index (κ1) is 24.9. The molecule has 1 aliphatic rings. The van der Waals surface area contributed by atoms with Gasteiger partial charge in [0.25, 0.3) is 5.91 Å². The standard InChI is InChI=1S/C25H31N5O4/c1-5-6-20-11-12-21(13-17(20)3)26-23-27-24(32)30(14-18(4)22(31)28-34)25(33)29(23)15-19-9-7-16(2)8-10-19/h7-13,18,23,26H,5-6,14-15H2,1-4H3,(H,27,32)/t18-,23?/m0/s1. The predicted octanol–water partition coefficient (Wildman–Crippen LogP) is 4.53. The van der Waals surface area contributed by atoms with E-state index < -0.39 is 30.2 Å². The zero-order valence-corrected chi connectivity index (χ0v) is 20.0. The molecule has 2 aromatic carbocycles. The second kappa shape index (κ2) is 10.9. The average Bonchev–Trinajstić information content (AvgIpc) is 2.81. The lowest BCUT2D eigenvalue weighted by Crippen LogP contribution is -2.67. The number of urea groups is 2. The van der Waals surface area contributed by atoms with Crippen LogP contribution in [0.4, 0.5) is 15.3 Å². The lowest BCUT2D eigenvalue weighted by atomic mass is 10.0. The van der Waals surface area contributed by atoms with Crippen LogP contribution >= 0.6 is 0 Å². The van der Waals surface area contributed by atoms with Gasteiger partial charge < -0.3 is 5.32 Å². The number of benzene rings is 2. The lowest BCUT2D eigenvalue weighted by Gasteiger charge is -2.41. The van der Waals surface area contributed by atoms with Crippen molar-refractivity contribution in [2.24, 2.45) is 11.1 Å². The molecule has 1 fully saturated rings. The van der Waals surface area contributed by atoms with Crippen LogP contribution < -0.4 is 10.6 Å². The van der Waals surface area contributed by atoms with Crippen LogP contribution in [0, 0.1) is 24.7 Å². The molecule has 2 aromatic rings. The third kappa shape index (κ3) is 5.78. The van der Waals surface area contributed by atoms with Crippen LogP contribution in [0.5, 0.6) is 0 Å². The van der Waals surface area contributed by atoms with Gasteiger partial charge in [0.2, 0.25) is 0 Å². The second-order valence-corrected chi connectivity index (χ2v) is 8.72. The fourth-order valence-electron chi connectivity index (χ4n) is 3.88. The Morgan fingerprint density at radius 1 is 1.15 bits per heavy atom. The maximum absolute atomic E-state index is 13.4. The number of nitroso groups, excluding NO2 is 1. The summed E-state index contributed by atoms with van der Waals surface area (Å²) in [5.74, 6) is -1.81. The Kier molecular flexibility index (Phi) is 7.99. The van der Waals surface area contributed by atoms with Gasteiger partial charge in [-0.15, -0.1) is 4.91 Å². The number of anilines is 1. The van der Waals surface area contributed by atoms with Gasteiger partial charge in [-0.25, -0.2) is 14.5 Å². The molecule has 9 nitrogen and oxygen atoms in total. The van der Waals surface area contributed by atoms with Crippen molar-refractivity contribution >= 4 is 23.7 Å². The van der Waals surface area contributed by atoms with Crippen molar-refractivity contribution in [2.75, 3.05) is 11.9 Å². The van der Waals surface area contributed by atoms with Gasteiger partial charge in [-0.1, -0.05) is 56.2 Å². The summed E-state index contributed by atoms with van der Waals surface area (Å²) in [6.45, 7) is 7.59. The van der Waals surface area contributed by atoms with Gasteiger partial charge in [-0.2, -0.15) is 0 Å². The van der Waals surface area contributed by atoms with Crippen LogP contribution in [0.2, 0.25) is 0 Å². The molecule has 9 heteroatoms. The Hall–Kier alpha value is -3.75. The molecule has 1 unspecified atom stereocenters. The van der Waals surface area contributed by atoms with E-state index in [0.29, 0.717) is 0 Å². The van der Waals surface area contributed by atoms with Gasteiger partial charge in [0, 0.05) is 17.4 Å². The summed E-state index contributed by atoms with van der Waals surface area (Å²) in [7, 11) is 0. The van der Waals surface area contributed by atoms with Crippen molar-refractivity contribution in [1.29, 1.82) is 0 Å². The minimum Gasteiger partial charge on any atom is -0.348 e. The molecule has 0 radical (unpaired) electrons. The molecule has 0 bridgehead atoms. The Bertz CT molecular complexity index is 1070. The van der Waals surface area contributed by atoms with Crippen LogP contribution in [-0.4, -0.2) is 40.6 Å². The van der Waals surface area contributed by atoms with E-state index >= 15 is 0 Å². The quantitative estimate of drug-likeness (QED) is 0.529. The van der Waals surface area contributed by atoms with Crippen molar-refractivity contribution in [3.05, 3.63) is 69.6 Å². The number of nitrogens with one attached hydrogen (secondary N) is 2. The summed E-state index contributed by atoms with van der Waals surface area (Å²) in [5.41, 5.74) is 5.12. The Morgan fingerprint density at radius 2 is 1.85 bits per heavy atom. The van der Waals surface area contributed by atoms with E-state index in [1.165, 1.54) is 17.4 Å². The number of aryl methyl sites for hydroxylation is 3. The third-order valence-corrected chi connectivity index (χ3v) is 5.90. The van der Waals surface area contributed by atoms with E-state index in [9.17, 15) is 19.3 Å². The maximum atomic E-state index is 13.4. The number of amides is 5. The first-order chi connectivity index (χ1) is 16.2. The highest BCUT2D eigenvalue weighted by atomic mass is 16.3. The zero-order valence-electron chi connectivity index (χ0n) is 20.0. The Morgan fingerprint density at radius 3 is 2.47 bits per heavy atom. The summed E-state index contributed by atoms with van der Waals surface area (Å²) in [6.07, 6.45) is 1.22. The highest BCUT2D eigenvalue weighted by molar-refractivity contribution is 5.97. The number of rotatable bonds is 9. The molecule has 0 spiro atoms.